The summed E-state index contributed by atoms with van der Waals surface area (Å²) in [6.07, 6.45) is 2.06. The molecule has 0 fully saturated rings. The molecule has 2 heterocycles. The molecule has 0 spiro atoms. The second kappa shape index (κ2) is 6.95. The Morgan fingerprint density at radius 1 is 1.25 bits per heavy atom. The van der Waals surface area contributed by atoms with E-state index in [0.29, 0.717) is 41.6 Å². The lowest BCUT2D eigenvalue weighted by molar-refractivity contribution is -0.145. The Bertz CT molecular complexity index is 845. The van der Waals surface area contributed by atoms with Crippen LogP contribution in [0.4, 0.5) is 5.82 Å². The van der Waals surface area contributed by atoms with Gasteiger partial charge in [-0.05, 0) is 24.6 Å². The minimum atomic E-state index is -0.391. The first-order valence-corrected chi connectivity index (χ1v) is 7.48. The van der Waals surface area contributed by atoms with Crippen LogP contribution in [0.3, 0.4) is 0 Å². The molecule has 0 amide bonds. The van der Waals surface area contributed by atoms with E-state index in [2.05, 4.69) is 19.9 Å². The molecule has 0 aliphatic heterocycles. The molecule has 124 valence electrons. The summed E-state index contributed by atoms with van der Waals surface area (Å²) in [5.41, 5.74) is 8.07. The van der Waals surface area contributed by atoms with Gasteiger partial charge in [0.25, 0.3) is 0 Å². The van der Waals surface area contributed by atoms with Crippen molar-refractivity contribution in [2.24, 2.45) is 0 Å². The van der Waals surface area contributed by atoms with Crippen molar-refractivity contribution >= 4 is 23.0 Å². The summed E-state index contributed by atoms with van der Waals surface area (Å²) in [6, 6.07) is 7.33. The van der Waals surface area contributed by atoms with Gasteiger partial charge in [-0.15, -0.1) is 0 Å². The third kappa shape index (κ3) is 3.60. The lowest BCUT2D eigenvalue weighted by Crippen LogP contribution is -2.14. The van der Waals surface area contributed by atoms with Gasteiger partial charge < -0.3 is 20.2 Å². The highest BCUT2D eigenvalue weighted by Gasteiger charge is 2.08. The highest BCUT2D eigenvalue weighted by Crippen LogP contribution is 2.17. The summed E-state index contributed by atoms with van der Waals surface area (Å²) in [4.78, 5) is 26.9. The molecule has 3 rings (SSSR count). The Balaban J connectivity index is 1.65. The lowest BCUT2D eigenvalue weighted by Gasteiger charge is -2.07. The van der Waals surface area contributed by atoms with Gasteiger partial charge in [0.1, 0.15) is 17.1 Å². The zero-order valence-corrected chi connectivity index (χ0v) is 13.2. The molecule has 0 aliphatic carbocycles. The number of ether oxygens (including phenoxy) is 2. The van der Waals surface area contributed by atoms with E-state index in [1.165, 1.54) is 6.33 Å². The molecule has 0 saturated carbocycles. The smallest absolute Gasteiger partial charge is 0.344 e. The molecule has 0 saturated heterocycles. The molecule has 0 atom stereocenters. The standard InChI is InChI=1S/C16H17N5O3/c1-2-23-13(22)8-24-11-5-3-10(4-6-11)7-12-20-15(17)14-16(21-12)19-9-18-14/h3-6,9H,2,7-8H2,1H3,(H3,17,18,19,20,21). The molecular formula is C16H17N5O3. The Labute approximate surface area is 138 Å². The molecule has 8 nitrogen and oxygen atoms in total. The number of benzene rings is 1. The Morgan fingerprint density at radius 2 is 2.04 bits per heavy atom. The Kier molecular flexibility index (Phi) is 4.55. The van der Waals surface area contributed by atoms with Crippen molar-refractivity contribution in [3.05, 3.63) is 42.0 Å². The topological polar surface area (TPSA) is 116 Å². The van der Waals surface area contributed by atoms with Crippen LogP contribution in [-0.2, 0) is 16.0 Å². The number of anilines is 1. The molecule has 3 N–H and O–H groups in total. The summed E-state index contributed by atoms with van der Waals surface area (Å²) >= 11 is 0. The van der Waals surface area contributed by atoms with Gasteiger partial charge in [-0.3, -0.25) is 0 Å². The predicted octanol–water partition coefficient (Wildman–Crippen LogP) is 1.47. The van der Waals surface area contributed by atoms with Gasteiger partial charge in [0.15, 0.2) is 18.1 Å². The van der Waals surface area contributed by atoms with Crippen molar-refractivity contribution in [2.75, 3.05) is 18.9 Å². The van der Waals surface area contributed by atoms with E-state index in [-0.39, 0.29) is 6.61 Å². The van der Waals surface area contributed by atoms with Crippen LogP contribution >= 0.6 is 0 Å². The monoisotopic (exact) mass is 327 g/mol. The van der Waals surface area contributed by atoms with E-state index >= 15 is 0 Å². The van der Waals surface area contributed by atoms with Crippen molar-refractivity contribution in [2.45, 2.75) is 13.3 Å². The normalized spacial score (nSPS) is 10.7. The molecule has 0 unspecified atom stereocenters. The number of nitrogen functional groups attached to an aromatic ring is 1. The van der Waals surface area contributed by atoms with Gasteiger partial charge in [0.2, 0.25) is 0 Å². The van der Waals surface area contributed by atoms with Crippen LogP contribution in [0, 0.1) is 0 Å². The average Bonchev–Trinajstić information content (AvgIpc) is 3.04. The Hall–Kier alpha value is -3.16. The molecule has 2 aromatic heterocycles. The lowest BCUT2D eigenvalue weighted by atomic mass is 10.1. The maximum atomic E-state index is 11.3. The quantitative estimate of drug-likeness (QED) is 0.658. The first kappa shape index (κ1) is 15.7. The molecule has 0 radical (unpaired) electrons. The number of nitrogens with one attached hydrogen (secondary N) is 1. The number of rotatable bonds is 6. The van der Waals surface area contributed by atoms with E-state index in [4.69, 9.17) is 15.2 Å². The maximum absolute atomic E-state index is 11.3. The minimum absolute atomic E-state index is 0.108. The largest absolute Gasteiger partial charge is 0.482 e. The van der Waals surface area contributed by atoms with Crippen LogP contribution < -0.4 is 10.5 Å². The number of nitrogens with zero attached hydrogens (tertiary/aromatic N) is 3. The SMILES string of the molecule is CCOC(=O)COc1ccc(Cc2nc(N)c3[nH]cnc3n2)cc1. The van der Waals surface area contributed by atoms with Crippen molar-refractivity contribution in [1.29, 1.82) is 0 Å². The number of esters is 1. The third-order valence-corrected chi connectivity index (χ3v) is 3.31. The van der Waals surface area contributed by atoms with Crippen LogP contribution in [0.15, 0.2) is 30.6 Å². The summed E-state index contributed by atoms with van der Waals surface area (Å²) in [7, 11) is 0. The zero-order valence-electron chi connectivity index (χ0n) is 13.2. The van der Waals surface area contributed by atoms with Crippen molar-refractivity contribution in [1.82, 2.24) is 19.9 Å². The van der Waals surface area contributed by atoms with Crippen LogP contribution in [0.1, 0.15) is 18.3 Å². The number of aromatic nitrogens is 4. The van der Waals surface area contributed by atoms with Crippen LogP contribution in [0.25, 0.3) is 11.2 Å². The molecule has 3 aromatic rings. The average molecular weight is 327 g/mol. The van der Waals surface area contributed by atoms with Gasteiger partial charge in [-0.1, -0.05) is 12.1 Å². The third-order valence-electron chi connectivity index (χ3n) is 3.31. The van der Waals surface area contributed by atoms with Crippen LogP contribution in [-0.4, -0.2) is 39.1 Å². The van der Waals surface area contributed by atoms with Crippen LogP contribution in [0.2, 0.25) is 0 Å². The second-order valence-corrected chi connectivity index (χ2v) is 5.04. The number of hydrogen-bond acceptors (Lipinski definition) is 7. The van der Waals surface area contributed by atoms with Gasteiger partial charge >= 0.3 is 5.97 Å². The van der Waals surface area contributed by atoms with Gasteiger partial charge in [-0.2, -0.15) is 0 Å². The van der Waals surface area contributed by atoms with Crippen molar-refractivity contribution < 1.29 is 14.3 Å². The van der Waals surface area contributed by atoms with E-state index in [0.717, 1.165) is 5.56 Å². The first-order valence-electron chi connectivity index (χ1n) is 7.48. The van der Waals surface area contributed by atoms with Crippen LogP contribution in [0.5, 0.6) is 5.75 Å². The summed E-state index contributed by atoms with van der Waals surface area (Å²) in [6.45, 7) is 1.98. The van der Waals surface area contributed by atoms with Crippen molar-refractivity contribution in [3.63, 3.8) is 0 Å². The fourth-order valence-electron chi connectivity index (χ4n) is 2.21. The van der Waals surface area contributed by atoms with E-state index in [1.807, 2.05) is 12.1 Å². The molecular weight excluding hydrogens is 310 g/mol. The summed E-state index contributed by atoms with van der Waals surface area (Å²) in [5.74, 6) is 1.17. The fourth-order valence-corrected chi connectivity index (χ4v) is 2.21. The molecule has 8 heteroatoms. The number of nitrogens with two attached hydrogens (primary N) is 1. The number of carbonyl (C=O) groups excluding carboxylic acids is 1. The van der Waals surface area contributed by atoms with E-state index in [9.17, 15) is 4.79 Å². The first-order chi connectivity index (χ1) is 11.7. The van der Waals surface area contributed by atoms with E-state index in [1.54, 1.807) is 19.1 Å². The van der Waals surface area contributed by atoms with Gasteiger partial charge in [-0.25, -0.2) is 19.7 Å². The molecule has 0 aliphatic rings. The summed E-state index contributed by atoms with van der Waals surface area (Å²) in [5, 5.41) is 0. The summed E-state index contributed by atoms with van der Waals surface area (Å²) < 4.78 is 10.2. The van der Waals surface area contributed by atoms with Gasteiger partial charge in [0, 0.05) is 6.42 Å². The molecule has 1 aromatic carbocycles. The zero-order chi connectivity index (χ0) is 16.9. The minimum Gasteiger partial charge on any atom is -0.482 e. The van der Waals surface area contributed by atoms with E-state index < -0.39 is 5.97 Å². The van der Waals surface area contributed by atoms with Crippen molar-refractivity contribution in [3.8, 4) is 5.75 Å². The number of imidazole rings is 1. The number of aromatic amines is 1. The highest BCUT2D eigenvalue weighted by molar-refractivity contribution is 5.80. The number of hydrogen-bond donors (Lipinski definition) is 2. The Morgan fingerprint density at radius 3 is 2.79 bits per heavy atom. The second-order valence-electron chi connectivity index (χ2n) is 5.04. The highest BCUT2D eigenvalue weighted by atomic mass is 16.6. The number of fused-ring (bicyclic) bond motifs is 1. The number of H-pyrrole nitrogens is 1. The number of carbonyl (C=O) groups is 1. The molecule has 24 heavy (non-hydrogen) atoms. The maximum Gasteiger partial charge on any atom is 0.344 e. The molecule has 0 bridgehead atoms. The fraction of sp³-hybridized carbons (Fsp3) is 0.250. The predicted molar refractivity (Wildman–Crippen MR) is 87.5 cm³/mol. The van der Waals surface area contributed by atoms with Gasteiger partial charge in [0.05, 0.1) is 12.9 Å².